The van der Waals surface area contributed by atoms with Crippen molar-refractivity contribution in [2.75, 3.05) is 50.3 Å². The van der Waals surface area contributed by atoms with Crippen LogP contribution >= 0.6 is 0 Å². The highest BCUT2D eigenvalue weighted by Crippen LogP contribution is 2.24. The summed E-state index contributed by atoms with van der Waals surface area (Å²) in [5.74, 6) is 0. The highest BCUT2D eigenvalue weighted by atomic mass is 28.4. The van der Waals surface area contributed by atoms with Gasteiger partial charge < -0.3 is 23.1 Å². The zero-order valence-corrected chi connectivity index (χ0v) is 27.5. The van der Waals surface area contributed by atoms with Crippen molar-refractivity contribution in [3.63, 3.8) is 0 Å². The van der Waals surface area contributed by atoms with Crippen LogP contribution in [-0.4, -0.2) is 68.5 Å². The van der Waals surface area contributed by atoms with Crippen LogP contribution in [0, 0.1) is 13.8 Å². The van der Waals surface area contributed by atoms with Gasteiger partial charge in [-0.1, -0.05) is 35.4 Å². The van der Waals surface area contributed by atoms with Gasteiger partial charge in [0, 0.05) is 24.6 Å². The first kappa shape index (κ1) is 34.5. The fraction of sp³-hybridized carbons (Fsp3) is 0.533. The van der Waals surface area contributed by atoms with Gasteiger partial charge >= 0.3 is 12.2 Å². The molecular formula is C30H48N2O7Si2. The van der Waals surface area contributed by atoms with E-state index in [-0.39, 0.29) is 13.2 Å². The van der Waals surface area contributed by atoms with E-state index in [2.05, 4.69) is 36.8 Å². The molecule has 0 radical (unpaired) electrons. The molecule has 0 atom stereocenters. The first-order valence-corrected chi connectivity index (χ1v) is 20.5. The lowest BCUT2D eigenvalue weighted by Gasteiger charge is -2.34. The quantitative estimate of drug-likeness (QED) is 0.135. The van der Waals surface area contributed by atoms with Crippen LogP contribution in [0.1, 0.15) is 24.0 Å². The Morgan fingerprint density at radius 2 is 0.951 bits per heavy atom. The summed E-state index contributed by atoms with van der Waals surface area (Å²) in [4.78, 5) is 23.7. The summed E-state index contributed by atoms with van der Waals surface area (Å²) < 4.78 is 28.3. The number of carbonyl (C=O) groups is 2. The third kappa shape index (κ3) is 16.4. The molecule has 2 amide bonds. The molecule has 0 unspecified atom stereocenters. The largest absolute Gasteiger partial charge is 0.455 e. The number of hydrogen-bond acceptors (Lipinski definition) is 7. The van der Waals surface area contributed by atoms with E-state index in [1.54, 1.807) is 0 Å². The van der Waals surface area contributed by atoms with E-state index >= 15 is 0 Å². The van der Waals surface area contributed by atoms with E-state index in [4.69, 9.17) is 23.1 Å². The van der Waals surface area contributed by atoms with Crippen molar-refractivity contribution >= 4 is 40.2 Å². The van der Waals surface area contributed by atoms with Gasteiger partial charge in [0.1, 0.15) is 13.2 Å². The first-order valence-electron chi connectivity index (χ1n) is 14.3. The van der Waals surface area contributed by atoms with Gasteiger partial charge in [-0.05, 0) is 89.2 Å². The van der Waals surface area contributed by atoms with Crippen molar-refractivity contribution in [1.29, 1.82) is 0 Å². The van der Waals surface area contributed by atoms with E-state index < -0.39 is 28.8 Å². The predicted molar refractivity (Wildman–Crippen MR) is 169 cm³/mol. The van der Waals surface area contributed by atoms with Gasteiger partial charge in [0.2, 0.25) is 0 Å². The second kappa shape index (κ2) is 18.0. The average Bonchev–Trinajstić information content (AvgIpc) is 2.89. The van der Waals surface area contributed by atoms with Crippen molar-refractivity contribution in [2.45, 2.75) is 65.0 Å². The van der Waals surface area contributed by atoms with E-state index in [1.165, 1.54) is 0 Å². The number of benzene rings is 2. The molecule has 0 aromatic heterocycles. The fourth-order valence-corrected chi connectivity index (χ4v) is 13.0. The highest BCUT2D eigenvalue weighted by molar-refractivity contribution is 6.84. The summed E-state index contributed by atoms with van der Waals surface area (Å²) in [5, 5.41) is 5.40. The molecule has 0 aliphatic rings. The third-order valence-electron chi connectivity index (χ3n) is 6.21. The molecule has 0 aliphatic carbocycles. The Morgan fingerprint density at radius 3 is 1.32 bits per heavy atom. The van der Waals surface area contributed by atoms with Gasteiger partial charge in [0.25, 0.3) is 0 Å². The monoisotopic (exact) mass is 604 g/mol. The molecule has 0 saturated heterocycles. The van der Waals surface area contributed by atoms with Gasteiger partial charge in [-0.25, -0.2) is 9.59 Å². The zero-order valence-electron chi connectivity index (χ0n) is 25.5. The maximum atomic E-state index is 11.9. The molecule has 0 heterocycles. The number of rotatable bonds is 18. The normalized spacial score (nSPS) is 11.7. The summed E-state index contributed by atoms with van der Waals surface area (Å²) >= 11 is 0. The number of amides is 2. The van der Waals surface area contributed by atoms with E-state index in [0.29, 0.717) is 37.8 Å². The number of hydrogen-bond donors (Lipinski definition) is 2. The molecule has 0 saturated carbocycles. The SMILES string of the molecule is Cc1ccc(NC(=O)OCCOCCC[Si](C)(C)O[Si](C)(C)CCCOCCOC(=O)Nc2ccc(C)cc2)cc1. The van der Waals surface area contributed by atoms with E-state index in [9.17, 15) is 9.59 Å². The lowest BCUT2D eigenvalue weighted by Crippen LogP contribution is -2.44. The Labute approximate surface area is 247 Å². The van der Waals surface area contributed by atoms with Crippen LogP contribution < -0.4 is 10.6 Å². The summed E-state index contributed by atoms with van der Waals surface area (Å²) in [6, 6.07) is 17.1. The van der Waals surface area contributed by atoms with E-state index in [0.717, 1.165) is 36.1 Å². The molecule has 41 heavy (non-hydrogen) atoms. The van der Waals surface area contributed by atoms with Crippen LogP contribution in [-0.2, 0) is 23.1 Å². The number of ether oxygens (including phenoxy) is 4. The molecule has 9 nitrogen and oxygen atoms in total. The Morgan fingerprint density at radius 1 is 0.585 bits per heavy atom. The van der Waals surface area contributed by atoms with Crippen molar-refractivity contribution in [3.8, 4) is 0 Å². The lowest BCUT2D eigenvalue weighted by molar-refractivity contribution is 0.0781. The summed E-state index contributed by atoms with van der Waals surface area (Å²) in [7, 11) is -3.64. The zero-order chi connectivity index (χ0) is 30.1. The van der Waals surface area contributed by atoms with Crippen LogP contribution in [0.5, 0.6) is 0 Å². The molecule has 0 spiro atoms. The van der Waals surface area contributed by atoms with Crippen LogP contribution in [0.15, 0.2) is 48.5 Å². The number of anilines is 2. The fourth-order valence-electron chi connectivity index (χ4n) is 4.22. The summed E-state index contributed by atoms with van der Waals surface area (Å²) in [5.41, 5.74) is 3.67. The van der Waals surface area contributed by atoms with Crippen LogP contribution in [0.3, 0.4) is 0 Å². The molecule has 0 bridgehead atoms. The van der Waals surface area contributed by atoms with Crippen molar-refractivity contribution < 1.29 is 32.7 Å². The molecule has 11 heteroatoms. The minimum Gasteiger partial charge on any atom is -0.455 e. The van der Waals surface area contributed by atoms with Gasteiger partial charge in [0.15, 0.2) is 16.6 Å². The minimum absolute atomic E-state index is 0.212. The topological polar surface area (TPSA) is 104 Å². The lowest BCUT2D eigenvalue weighted by atomic mass is 10.2. The second-order valence-corrected chi connectivity index (χ2v) is 20.2. The van der Waals surface area contributed by atoms with Gasteiger partial charge in [-0.3, -0.25) is 10.6 Å². The van der Waals surface area contributed by atoms with Crippen molar-refractivity contribution in [3.05, 3.63) is 59.7 Å². The molecule has 2 rings (SSSR count). The molecule has 2 aromatic carbocycles. The Balaban J connectivity index is 1.47. The van der Waals surface area contributed by atoms with E-state index in [1.807, 2.05) is 62.4 Å². The van der Waals surface area contributed by atoms with Crippen LogP contribution in [0.2, 0.25) is 38.3 Å². The third-order valence-corrected chi connectivity index (χ3v) is 13.7. The van der Waals surface area contributed by atoms with Crippen molar-refractivity contribution in [2.24, 2.45) is 0 Å². The molecule has 2 aromatic rings. The standard InChI is InChI=1S/C30H48N2O7Si2/c1-25-9-13-27(14-10-25)31-29(33)37-21-19-35-17-7-23-40(3,4)39-41(5,6)24-8-18-36-20-22-38-30(34)32-28-15-11-26(2)12-16-28/h9-16H,7-8,17-24H2,1-6H3,(H,31,33)(H,32,34). The van der Waals surface area contributed by atoms with Gasteiger partial charge in [0.05, 0.1) is 13.2 Å². The Kier molecular flexibility index (Phi) is 15.1. The van der Waals surface area contributed by atoms with Crippen molar-refractivity contribution in [1.82, 2.24) is 0 Å². The smallest absolute Gasteiger partial charge is 0.411 e. The number of nitrogens with one attached hydrogen (secondary N) is 2. The summed E-state index contributed by atoms with van der Waals surface area (Å²) in [6.45, 7) is 15.4. The molecule has 228 valence electrons. The van der Waals surface area contributed by atoms with Crippen LogP contribution in [0.25, 0.3) is 0 Å². The molecular weight excluding hydrogens is 557 g/mol. The van der Waals surface area contributed by atoms with Gasteiger partial charge in [-0.15, -0.1) is 0 Å². The second-order valence-electron chi connectivity index (χ2n) is 11.3. The predicted octanol–water partition coefficient (Wildman–Crippen LogP) is 7.34. The summed E-state index contributed by atoms with van der Waals surface area (Å²) in [6.07, 6.45) is 0.873. The molecule has 0 fully saturated rings. The first-order chi connectivity index (χ1) is 19.4. The number of aryl methyl sites for hydroxylation is 2. The average molecular weight is 605 g/mol. The minimum atomic E-state index is -1.82. The molecule has 0 aliphatic heterocycles. The maximum Gasteiger partial charge on any atom is 0.411 e. The Hall–Kier alpha value is -2.71. The maximum absolute atomic E-state index is 11.9. The highest BCUT2D eigenvalue weighted by Gasteiger charge is 2.32. The number of carbonyl (C=O) groups excluding carboxylic acids is 2. The van der Waals surface area contributed by atoms with Crippen LogP contribution in [0.4, 0.5) is 21.0 Å². The van der Waals surface area contributed by atoms with Gasteiger partial charge in [-0.2, -0.15) is 0 Å². The molecule has 2 N–H and O–H groups in total. The Bertz CT molecular complexity index is 964.